The SMILES string of the molecule is CC[C@@]1(O)C(=O)OCc2c1cc1n(c2=O)Cc2c-1nc1cc(F)c(C)c3c1c2[C@@H](N(I)I)CC3. The third-order valence-corrected chi connectivity index (χ3v) is 8.93. The molecule has 0 bridgehead atoms. The zero-order valence-corrected chi connectivity index (χ0v) is 22.7. The van der Waals surface area contributed by atoms with Crippen molar-refractivity contribution in [2.45, 2.75) is 57.9 Å². The Morgan fingerprint density at radius 3 is 2.76 bits per heavy atom. The normalized spacial score (nSPS) is 22.6. The number of esters is 1. The standard InChI is InChI=1S/C24H20FI2N3O4/c1-3-24(33)14-6-18-21-12(8-29(18)22(31)13(14)9-34-23(24)32)20-17(30(26)27)5-4-11-10(2)15(25)7-16(28-21)19(11)20/h6-7,17,33H,3-5,8-9H2,1-2H3/t17-,24-/m0/s1. The molecule has 0 spiro atoms. The van der Waals surface area contributed by atoms with Crippen LogP contribution in [-0.2, 0) is 34.7 Å². The van der Waals surface area contributed by atoms with Crippen molar-refractivity contribution in [3.63, 3.8) is 0 Å². The lowest BCUT2D eigenvalue weighted by molar-refractivity contribution is -0.172. The number of pyridine rings is 2. The largest absolute Gasteiger partial charge is 0.458 e. The van der Waals surface area contributed by atoms with Crippen LogP contribution in [0, 0.1) is 12.7 Å². The number of aliphatic hydroxyl groups is 1. The summed E-state index contributed by atoms with van der Waals surface area (Å²) in [7, 11) is 0. The molecule has 0 radical (unpaired) electrons. The molecular formula is C24H20FI2N3O4. The van der Waals surface area contributed by atoms with Crippen molar-refractivity contribution in [3.05, 3.63) is 61.7 Å². The fourth-order valence-corrected chi connectivity index (χ4v) is 6.84. The van der Waals surface area contributed by atoms with Gasteiger partial charge in [0.2, 0.25) is 0 Å². The van der Waals surface area contributed by atoms with Crippen LogP contribution in [0.1, 0.15) is 59.2 Å². The van der Waals surface area contributed by atoms with Crippen LogP contribution in [0.4, 0.5) is 4.39 Å². The second-order valence-corrected chi connectivity index (χ2v) is 13.1. The topological polar surface area (TPSA) is 84.7 Å². The van der Waals surface area contributed by atoms with Gasteiger partial charge in [0, 0.05) is 68.3 Å². The fourth-order valence-electron chi connectivity index (χ4n) is 5.73. The Hall–Kier alpha value is -1.64. The number of carbonyl (C=O) groups is 1. The highest BCUT2D eigenvalue weighted by Gasteiger charge is 2.46. The number of halogens is 3. The molecule has 0 saturated heterocycles. The number of nitrogens with zero attached hydrogens (tertiary/aromatic N) is 3. The molecule has 1 N–H and O–H groups in total. The fraction of sp³-hybridized carbons (Fsp3) is 0.375. The Labute approximate surface area is 222 Å². The number of benzene rings is 1. The Morgan fingerprint density at radius 1 is 1.29 bits per heavy atom. The third-order valence-electron chi connectivity index (χ3n) is 7.58. The molecule has 10 heteroatoms. The molecule has 0 fully saturated rings. The number of aryl methyl sites for hydroxylation is 1. The molecule has 0 amide bonds. The van der Waals surface area contributed by atoms with Gasteiger partial charge < -0.3 is 14.4 Å². The van der Waals surface area contributed by atoms with E-state index >= 15 is 0 Å². The highest BCUT2D eigenvalue weighted by molar-refractivity contribution is 14.2. The first-order chi connectivity index (χ1) is 16.2. The number of rotatable bonds is 2. The van der Waals surface area contributed by atoms with E-state index in [-0.39, 0.29) is 36.0 Å². The van der Waals surface area contributed by atoms with Crippen LogP contribution in [-0.4, -0.2) is 22.0 Å². The zero-order valence-electron chi connectivity index (χ0n) is 18.4. The molecule has 34 heavy (non-hydrogen) atoms. The summed E-state index contributed by atoms with van der Waals surface area (Å²) in [4.78, 5) is 30.8. The smallest absolute Gasteiger partial charge is 0.343 e. The lowest BCUT2D eigenvalue weighted by atomic mass is 9.82. The molecule has 2 aromatic heterocycles. The van der Waals surface area contributed by atoms with Gasteiger partial charge in [0.25, 0.3) is 5.56 Å². The average Bonchev–Trinajstić information content (AvgIpc) is 3.18. The first-order valence-electron chi connectivity index (χ1n) is 11.1. The monoisotopic (exact) mass is 687 g/mol. The van der Waals surface area contributed by atoms with Gasteiger partial charge in [-0.15, -0.1) is 0 Å². The summed E-state index contributed by atoms with van der Waals surface area (Å²) in [5, 5.41) is 12.1. The van der Waals surface area contributed by atoms with E-state index in [2.05, 4.69) is 47.1 Å². The molecule has 2 aliphatic heterocycles. The molecule has 6 rings (SSSR count). The maximum absolute atomic E-state index is 14.8. The maximum Gasteiger partial charge on any atom is 0.343 e. The van der Waals surface area contributed by atoms with E-state index in [1.807, 2.05) is 6.92 Å². The Kier molecular flexibility index (Phi) is 5.15. The molecule has 1 aromatic carbocycles. The lowest BCUT2D eigenvalue weighted by Gasteiger charge is -2.31. The van der Waals surface area contributed by atoms with Gasteiger partial charge in [-0.1, -0.05) is 6.92 Å². The van der Waals surface area contributed by atoms with E-state index in [9.17, 15) is 19.1 Å². The van der Waals surface area contributed by atoms with Crippen molar-refractivity contribution in [2.24, 2.45) is 0 Å². The summed E-state index contributed by atoms with van der Waals surface area (Å²) < 4.78 is 23.8. The summed E-state index contributed by atoms with van der Waals surface area (Å²) >= 11 is 4.54. The molecule has 0 unspecified atom stereocenters. The van der Waals surface area contributed by atoms with Crippen molar-refractivity contribution in [2.75, 3.05) is 0 Å². The molecule has 3 aliphatic rings. The van der Waals surface area contributed by atoms with Gasteiger partial charge in [0.15, 0.2) is 5.60 Å². The van der Waals surface area contributed by atoms with Gasteiger partial charge in [-0.25, -0.2) is 14.2 Å². The minimum atomic E-state index is -1.88. The molecule has 7 nitrogen and oxygen atoms in total. The summed E-state index contributed by atoms with van der Waals surface area (Å²) in [6.07, 6.45) is 1.67. The number of hydrogen-bond donors (Lipinski definition) is 1. The number of hydrogen-bond acceptors (Lipinski definition) is 6. The van der Waals surface area contributed by atoms with Gasteiger partial charge in [-0.3, -0.25) is 4.79 Å². The number of cyclic esters (lactones) is 1. The lowest BCUT2D eigenvalue weighted by Crippen LogP contribution is -2.44. The van der Waals surface area contributed by atoms with E-state index in [0.29, 0.717) is 34.6 Å². The van der Waals surface area contributed by atoms with Gasteiger partial charge in [-0.05, 0) is 48.9 Å². The molecule has 4 heterocycles. The van der Waals surface area contributed by atoms with Crippen LogP contribution < -0.4 is 5.56 Å². The summed E-state index contributed by atoms with van der Waals surface area (Å²) in [6, 6.07) is 3.26. The first kappa shape index (κ1) is 22.8. The van der Waals surface area contributed by atoms with Crippen LogP contribution in [0.2, 0.25) is 0 Å². The Balaban J connectivity index is 1.70. The van der Waals surface area contributed by atoms with E-state index in [1.165, 1.54) is 6.07 Å². The Bertz CT molecular complexity index is 1500. The molecule has 3 aromatic rings. The average molecular weight is 687 g/mol. The number of ether oxygens (including phenoxy) is 1. The van der Waals surface area contributed by atoms with Gasteiger partial charge in [-0.2, -0.15) is 1.33 Å². The predicted molar refractivity (Wildman–Crippen MR) is 140 cm³/mol. The van der Waals surface area contributed by atoms with Crippen LogP contribution in [0.25, 0.3) is 22.3 Å². The number of carbonyl (C=O) groups excluding carboxylic acids is 1. The van der Waals surface area contributed by atoms with Crippen LogP contribution >= 0.6 is 45.7 Å². The molecule has 176 valence electrons. The Morgan fingerprint density at radius 2 is 2.06 bits per heavy atom. The molecule has 0 saturated carbocycles. The highest BCUT2D eigenvalue weighted by atomic mass is 127. The van der Waals surface area contributed by atoms with Gasteiger partial charge in [0.1, 0.15) is 12.4 Å². The van der Waals surface area contributed by atoms with Crippen molar-refractivity contribution in [1.82, 2.24) is 10.9 Å². The van der Waals surface area contributed by atoms with E-state index < -0.39 is 11.6 Å². The van der Waals surface area contributed by atoms with E-state index in [1.54, 1.807) is 17.6 Å². The quantitative estimate of drug-likeness (QED) is 0.190. The van der Waals surface area contributed by atoms with Crippen molar-refractivity contribution >= 4 is 62.6 Å². The minimum Gasteiger partial charge on any atom is -0.458 e. The van der Waals surface area contributed by atoms with Gasteiger partial charge in [0.05, 0.1) is 35.1 Å². The molecule has 2 atom stereocenters. The van der Waals surface area contributed by atoms with Crippen molar-refractivity contribution in [3.8, 4) is 11.4 Å². The third kappa shape index (κ3) is 2.88. The zero-order chi connectivity index (χ0) is 24.1. The predicted octanol–water partition coefficient (Wildman–Crippen LogP) is 4.52. The molecule has 1 aliphatic carbocycles. The minimum absolute atomic E-state index is 0.0786. The summed E-state index contributed by atoms with van der Waals surface area (Å²) in [6.45, 7) is 3.66. The summed E-state index contributed by atoms with van der Waals surface area (Å²) in [5.74, 6) is -1.04. The molecular weight excluding hydrogens is 667 g/mol. The van der Waals surface area contributed by atoms with Crippen LogP contribution in [0.15, 0.2) is 16.9 Å². The van der Waals surface area contributed by atoms with E-state index in [4.69, 9.17) is 9.72 Å². The van der Waals surface area contributed by atoms with Gasteiger partial charge >= 0.3 is 5.97 Å². The summed E-state index contributed by atoms with van der Waals surface area (Å²) in [5.41, 5.74) is 3.76. The van der Waals surface area contributed by atoms with Crippen LogP contribution in [0.3, 0.4) is 0 Å². The number of aromatic nitrogens is 2. The van der Waals surface area contributed by atoms with Crippen molar-refractivity contribution in [1.29, 1.82) is 0 Å². The van der Waals surface area contributed by atoms with Crippen LogP contribution in [0.5, 0.6) is 0 Å². The number of fused-ring (bicyclic) bond motifs is 5. The highest BCUT2D eigenvalue weighted by Crippen LogP contribution is 2.48. The first-order valence-corrected chi connectivity index (χ1v) is 13.0. The van der Waals surface area contributed by atoms with E-state index in [0.717, 1.165) is 34.9 Å². The maximum atomic E-state index is 14.8. The second kappa shape index (κ2) is 7.68. The van der Waals surface area contributed by atoms with Crippen molar-refractivity contribution < 1.29 is 19.0 Å². The second-order valence-electron chi connectivity index (χ2n) is 9.13.